The highest BCUT2D eigenvalue weighted by molar-refractivity contribution is 7.15. The maximum absolute atomic E-state index is 13.6. The van der Waals surface area contributed by atoms with Gasteiger partial charge in [0.1, 0.15) is 11.9 Å². The summed E-state index contributed by atoms with van der Waals surface area (Å²) in [5.74, 6) is -1.10. The number of rotatable bonds is 2. The number of halogens is 2. The van der Waals surface area contributed by atoms with Gasteiger partial charge in [0.05, 0.1) is 23.2 Å². The monoisotopic (exact) mass is 446 g/mol. The predicted octanol–water partition coefficient (Wildman–Crippen LogP) is 4.62. The second-order valence-electron chi connectivity index (χ2n) is 8.05. The van der Waals surface area contributed by atoms with Crippen LogP contribution in [0.1, 0.15) is 41.4 Å². The average molecular weight is 447 g/mol. The molecule has 5 rings (SSSR count). The summed E-state index contributed by atoms with van der Waals surface area (Å²) >= 11 is 7.73. The molecule has 1 amide bonds. The van der Waals surface area contributed by atoms with Gasteiger partial charge in [0.2, 0.25) is 0 Å². The summed E-state index contributed by atoms with van der Waals surface area (Å²) in [7, 11) is 0. The third-order valence-electron chi connectivity index (χ3n) is 6.19. The van der Waals surface area contributed by atoms with Crippen molar-refractivity contribution in [2.45, 2.75) is 50.6 Å². The number of aryl methyl sites for hydroxylation is 2. The molecule has 8 heteroatoms. The first-order valence-corrected chi connectivity index (χ1v) is 11.2. The number of fused-ring (bicyclic) bond motifs is 1. The van der Waals surface area contributed by atoms with E-state index in [1.165, 1.54) is 28.4 Å². The molecule has 1 aromatic heterocycles. The topological polar surface area (TPSA) is 59.5 Å². The highest BCUT2D eigenvalue weighted by atomic mass is 35.5. The molecule has 5 nitrogen and oxygen atoms in total. The second-order valence-corrected chi connectivity index (χ2v) is 9.85. The van der Waals surface area contributed by atoms with E-state index in [1.807, 2.05) is 13.8 Å². The van der Waals surface area contributed by atoms with E-state index in [2.05, 4.69) is 4.98 Å². The third-order valence-corrected chi connectivity index (χ3v) is 7.66. The van der Waals surface area contributed by atoms with E-state index in [0.29, 0.717) is 29.1 Å². The molecule has 156 valence electrons. The summed E-state index contributed by atoms with van der Waals surface area (Å²) in [4.78, 5) is 34.1. The Bertz CT molecular complexity index is 1060. The van der Waals surface area contributed by atoms with Gasteiger partial charge in [0, 0.05) is 10.3 Å². The molecule has 2 aliphatic heterocycles. The Balaban J connectivity index is 1.65. The Morgan fingerprint density at radius 1 is 1.20 bits per heavy atom. The maximum Gasteiger partial charge on any atom is 0.296 e. The first kappa shape index (κ1) is 19.7. The number of amides is 1. The van der Waals surface area contributed by atoms with Gasteiger partial charge < -0.3 is 4.74 Å². The van der Waals surface area contributed by atoms with E-state index in [-0.39, 0.29) is 40.7 Å². The smallest absolute Gasteiger partial charge is 0.296 e. The Morgan fingerprint density at radius 2 is 1.93 bits per heavy atom. The highest BCUT2D eigenvalue weighted by Crippen LogP contribution is 2.49. The van der Waals surface area contributed by atoms with Crippen LogP contribution in [0.4, 0.5) is 9.52 Å². The molecule has 4 atom stereocenters. The number of carbonyl (C=O) groups is 2. The van der Waals surface area contributed by atoms with Crippen molar-refractivity contribution in [2.24, 2.45) is 5.92 Å². The largest absolute Gasteiger partial charge is 0.483 e. The number of hydrogen-bond donors (Lipinski definition) is 0. The van der Waals surface area contributed by atoms with Crippen LogP contribution in [-0.4, -0.2) is 28.2 Å². The number of ether oxygens (including phenoxy) is 1. The molecule has 3 heterocycles. The van der Waals surface area contributed by atoms with Gasteiger partial charge in [-0.05, 0) is 50.8 Å². The Morgan fingerprint density at radius 3 is 2.60 bits per heavy atom. The summed E-state index contributed by atoms with van der Waals surface area (Å²) in [6, 6.07) is 5.19. The lowest BCUT2D eigenvalue weighted by atomic mass is 9.77. The van der Waals surface area contributed by atoms with E-state index < -0.39 is 6.04 Å². The fourth-order valence-electron chi connectivity index (χ4n) is 4.53. The molecule has 0 radical (unpaired) electrons. The summed E-state index contributed by atoms with van der Waals surface area (Å²) in [6.45, 7) is 3.82. The predicted molar refractivity (Wildman–Crippen MR) is 112 cm³/mol. The number of alkyl halides is 1. The summed E-state index contributed by atoms with van der Waals surface area (Å²) in [6.07, 6.45) is 1.60. The number of benzene rings is 1. The van der Waals surface area contributed by atoms with E-state index >= 15 is 0 Å². The van der Waals surface area contributed by atoms with Crippen molar-refractivity contribution in [1.82, 2.24) is 4.98 Å². The molecule has 2 aromatic rings. The molecule has 0 N–H and O–H groups in total. The van der Waals surface area contributed by atoms with E-state index in [0.717, 1.165) is 17.0 Å². The average Bonchev–Trinajstić information content (AvgIpc) is 3.20. The Kier molecular flexibility index (Phi) is 4.71. The Labute approximate surface area is 182 Å². The van der Waals surface area contributed by atoms with Gasteiger partial charge in [0.25, 0.3) is 5.91 Å². The van der Waals surface area contributed by atoms with Gasteiger partial charge in [-0.1, -0.05) is 12.1 Å². The van der Waals surface area contributed by atoms with Crippen molar-refractivity contribution < 1.29 is 18.7 Å². The lowest BCUT2D eigenvalue weighted by Gasteiger charge is -2.37. The second kappa shape index (κ2) is 7.17. The molecular formula is C22H20ClFN2O3S. The van der Waals surface area contributed by atoms with E-state index in [9.17, 15) is 14.0 Å². The van der Waals surface area contributed by atoms with Crippen LogP contribution in [0, 0.1) is 25.6 Å². The molecule has 30 heavy (non-hydrogen) atoms. The van der Waals surface area contributed by atoms with Crippen molar-refractivity contribution in [2.75, 3.05) is 4.90 Å². The van der Waals surface area contributed by atoms with Gasteiger partial charge in [-0.15, -0.1) is 22.9 Å². The number of thiazole rings is 1. The standard InChI is InChI=1S/C22H20ClFN2O3S/c1-10-11(2)30-22(25-10)26-18(12-3-6-14(24)7-4-12)17-19(27)15-9-13(23)5-8-16(15)29-20(17)21(26)28/h3-4,6-7,13,15-16,18H,5,8-9H2,1-2H3. The number of ketones is 1. The SMILES string of the molecule is Cc1nc(N2C(=O)C3=C(C(=O)C4CC(Cl)CCC4O3)C2c2ccc(F)cc2)sc1C. The maximum atomic E-state index is 13.6. The van der Waals surface area contributed by atoms with Crippen LogP contribution in [-0.2, 0) is 14.3 Å². The summed E-state index contributed by atoms with van der Waals surface area (Å²) in [5, 5.41) is 0.427. The van der Waals surface area contributed by atoms with Crippen molar-refractivity contribution in [3.63, 3.8) is 0 Å². The Hall–Kier alpha value is -2.25. The molecule has 3 aliphatic rings. The number of anilines is 1. The van der Waals surface area contributed by atoms with E-state index in [4.69, 9.17) is 16.3 Å². The van der Waals surface area contributed by atoms with Crippen molar-refractivity contribution in [3.05, 3.63) is 57.5 Å². The summed E-state index contributed by atoms with van der Waals surface area (Å²) < 4.78 is 19.7. The highest BCUT2D eigenvalue weighted by Gasteiger charge is 2.53. The number of nitrogens with zero attached hydrogens (tertiary/aromatic N) is 2. The molecule has 1 aliphatic carbocycles. The number of carbonyl (C=O) groups excluding carboxylic acids is 2. The number of Topliss-reactive ketones (excluding diaryl/α,β-unsaturated/α-hetero) is 1. The zero-order chi connectivity index (χ0) is 21.2. The van der Waals surface area contributed by atoms with Crippen LogP contribution < -0.4 is 4.90 Å². The van der Waals surface area contributed by atoms with Crippen molar-refractivity contribution >= 4 is 39.8 Å². The minimum absolute atomic E-state index is 0.0808. The lowest BCUT2D eigenvalue weighted by molar-refractivity contribution is -0.131. The van der Waals surface area contributed by atoms with Crippen LogP contribution in [0.3, 0.4) is 0 Å². The fraction of sp³-hybridized carbons (Fsp3) is 0.409. The molecule has 1 fully saturated rings. The molecule has 4 unspecified atom stereocenters. The first-order valence-electron chi connectivity index (χ1n) is 9.97. The molecule has 1 aromatic carbocycles. The third kappa shape index (κ3) is 2.98. The van der Waals surface area contributed by atoms with Gasteiger partial charge in [-0.25, -0.2) is 9.37 Å². The summed E-state index contributed by atoms with van der Waals surface area (Å²) in [5.41, 5.74) is 1.81. The van der Waals surface area contributed by atoms with Gasteiger partial charge in [-0.3, -0.25) is 14.5 Å². The zero-order valence-electron chi connectivity index (χ0n) is 16.5. The number of hydrogen-bond acceptors (Lipinski definition) is 5. The van der Waals surface area contributed by atoms with Crippen molar-refractivity contribution in [3.8, 4) is 0 Å². The normalized spacial score (nSPS) is 28.5. The first-order chi connectivity index (χ1) is 14.3. The molecule has 0 bridgehead atoms. The van der Waals surface area contributed by atoms with E-state index in [1.54, 1.807) is 12.1 Å². The van der Waals surface area contributed by atoms with Gasteiger partial charge in [-0.2, -0.15) is 0 Å². The zero-order valence-corrected chi connectivity index (χ0v) is 18.1. The van der Waals surface area contributed by atoms with Crippen LogP contribution in [0.15, 0.2) is 35.6 Å². The van der Waals surface area contributed by atoms with Crippen LogP contribution >= 0.6 is 22.9 Å². The van der Waals surface area contributed by atoms with Gasteiger partial charge in [0.15, 0.2) is 16.7 Å². The lowest BCUT2D eigenvalue weighted by Crippen LogP contribution is -2.41. The molecule has 0 saturated heterocycles. The minimum atomic E-state index is -0.692. The number of aromatic nitrogens is 1. The quantitative estimate of drug-likeness (QED) is 0.632. The molecule has 0 spiro atoms. The fourth-order valence-corrected chi connectivity index (χ4v) is 5.79. The van der Waals surface area contributed by atoms with Crippen molar-refractivity contribution in [1.29, 1.82) is 0 Å². The van der Waals surface area contributed by atoms with Gasteiger partial charge >= 0.3 is 0 Å². The van der Waals surface area contributed by atoms with Crippen LogP contribution in [0.5, 0.6) is 0 Å². The molecule has 1 saturated carbocycles. The molecular weight excluding hydrogens is 427 g/mol. The van der Waals surface area contributed by atoms with Crippen LogP contribution in [0.2, 0.25) is 0 Å². The minimum Gasteiger partial charge on any atom is -0.483 e. The van der Waals surface area contributed by atoms with Crippen LogP contribution in [0.25, 0.3) is 0 Å².